The summed E-state index contributed by atoms with van der Waals surface area (Å²) < 4.78 is 5.92. The molecule has 6 heteroatoms. The molecule has 136 valence electrons. The Balaban J connectivity index is 1.98. The molecular formula is C21H17NO5. The summed E-state index contributed by atoms with van der Waals surface area (Å²) in [6, 6.07) is 20.9. The number of rotatable bonds is 7. The van der Waals surface area contributed by atoms with Gasteiger partial charge in [0.2, 0.25) is 0 Å². The summed E-state index contributed by atoms with van der Waals surface area (Å²) in [5, 5.41) is 20.1. The number of hydrogen-bond donors (Lipinski definition) is 1. The summed E-state index contributed by atoms with van der Waals surface area (Å²) in [6.45, 7) is 0.334. The van der Waals surface area contributed by atoms with Crippen LogP contribution in [0.3, 0.4) is 0 Å². The third-order valence-corrected chi connectivity index (χ3v) is 4.00. The smallest absolute Gasteiger partial charge is 0.307 e. The van der Waals surface area contributed by atoms with Crippen molar-refractivity contribution in [2.24, 2.45) is 0 Å². The predicted octanol–water partition coefficient (Wildman–Crippen LogP) is 4.47. The zero-order valence-corrected chi connectivity index (χ0v) is 14.4. The Morgan fingerprint density at radius 1 is 0.963 bits per heavy atom. The zero-order chi connectivity index (χ0) is 19.2. The molecule has 3 aromatic rings. The van der Waals surface area contributed by atoms with E-state index in [1.807, 2.05) is 30.3 Å². The van der Waals surface area contributed by atoms with E-state index in [0.717, 1.165) is 5.56 Å². The van der Waals surface area contributed by atoms with Crippen LogP contribution in [0.25, 0.3) is 11.1 Å². The quantitative estimate of drug-likeness (QED) is 0.494. The Morgan fingerprint density at radius 3 is 2.44 bits per heavy atom. The fourth-order valence-electron chi connectivity index (χ4n) is 2.74. The van der Waals surface area contributed by atoms with E-state index in [2.05, 4.69) is 0 Å². The first kappa shape index (κ1) is 18.1. The normalized spacial score (nSPS) is 10.4. The van der Waals surface area contributed by atoms with Gasteiger partial charge in [-0.3, -0.25) is 14.9 Å². The molecule has 6 nitrogen and oxygen atoms in total. The van der Waals surface area contributed by atoms with Crippen molar-refractivity contribution >= 4 is 11.7 Å². The molecule has 0 amide bonds. The Kier molecular flexibility index (Phi) is 5.47. The lowest BCUT2D eigenvalue weighted by Crippen LogP contribution is -2.02. The fraction of sp³-hybridized carbons (Fsp3) is 0.0952. The first-order valence-corrected chi connectivity index (χ1v) is 8.29. The van der Waals surface area contributed by atoms with Gasteiger partial charge in [0, 0.05) is 17.7 Å². The van der Waals surface area contributed by atoms with Crippen LogP contribution in [-0.4, -0.2) is 16.0 Å². The van der Waals surface area contributed by atoms with Crippen LogP contribution in [0.4, 0.5) is 5.69 Å². The molecule has 0 radical (unpaired) electrons. The molecule has 3 rings (SSSR count). The van der Waals surface area contributed by atoms with Crippen molar-refractivity contribution in [1.82, 2.24) is 0 Å². The summed E-state index contributed by atoms with van der Waals surface area (Å²) >= 11 is 0. The molecular weight excluding hydrogens is 346 g/mol. The molecule has 0 heterocycles. The lowest BCUT2D eigenvalue weighted by molar-refractivity contribution is -0.384. The van der Waals surface area contributed by atoms with Gasteiger partial charge in [0.05, 0.1) is 11.3 Å². The standard InChI is InChI=1S/C21H17NO5/c23-21(24)12-16-9-10-20(27-14-15-5-2-1-3-6-15)19(11-16)17-7-4-8-18(13-17)22(25)26/h1-11,13H,12,14H2,(H,23,24). The summed E-state index contributed by atoms with van der Waals surface area (Å²) in [5.74, 6) is -0.411. The van der Waals surface area contributed by atoms with Gasteiger partial charge in [0.1, 0.15) is 12.4 Å². The van der Waals surface area contributed by atoms with E-state index in [0.29, 0.717) is 29.0 Å². The van der Waals surface area contributed by atoms with E-state index in [9.17, 15) is 14.9 Å². The van der Waals surface area contributed by atoms with Gasteiger partial charge in [-0.1, -0.05) is 48.5 Å². The molecule has 1 N–H and O–H groups in total. The van der Waals surface area contributed by atoms with E-state index in [-0.39, 0.29) is 12.1 Å². The van der Waals surface area contributed by atoms with Crippen LogP contribution in [0.1, 0.15) is 11.1 Å². The molecule has 0 aliphatic rings. The summed E-state index contributed by atoms with van der Waals surface area (Å²) in [6.07, 6.45) is -0.138. The van der Waals surface area contributed by atoms with Crippen LogP contribution >= 0.6 is 0 Å². The highest BCUT2D eigenvalue weighted by Gasteiger charge is 2.13. The van der Waals surface area contributed by atoms with Crippen molar-refractivity contribution < 1.29 is 19.6 Å². The number of hydrogen-bond acceptors (Lipinski definition) is 4. The third kappa shape index (κ3) is 4.70. The van der Waals surface area contributed by atoms with Crippen LogP contribution < -0.4 is 4.74 Å². The van der Waals surface area contributed by atoms with Crippen molar-refractivity contribution in [2.45, 2.75) is 13.0 Å². The number of aliphatic carboxylic acids is 1. The van der Waals surface area contributed by atoms with Crippen LogP contribution in [0.5, 0.6) is 5.75 Å². The van der Waals surface area contributed by atoms with Crippen molar-refractivity contribution in [3.8, 4) is 16.9 Å². The number of carboxylic acids is 1. The summed E-state index contributed by atoms with van der Waals surface area (Å²) in [4.78, 5) is 21.7. The lowest BCUT2D eigenvalue weighted by Gasteiger charge is -2.13. The molecule has 0 spiro atoms. The predicted molar refractivity (Wildman–Crippen MR) is 101 cm³/mol. The summed E-state index contributed by atoms with van der Waals surface area (Å²) in [5.41, 5.74) is 2.76. The first-order chi connectivity index (χ1) is 13.0. The average molecular weight is 363 g/mol. The highest BCUT2D eigenvalue weighted by Crippen LogP contribution is 2.33. The van der Waals surface area contributed by atoms with Gasteiger partial charge in [-0.15, -0.1) is 0 Å². The van der Waals surface area contributed by atoms with Crippen molar-refractivity contribution in [2.75, 3.05) is 0 Å². The number of nitro groups is 1. The molecule has 0 aromatic heterocycles. The minimum Gasteiger partial charge on any atom is -0.488 e. The van der Waals surface area contributed by atoms with E-state index < -0.39 is 10.9 Å². The van der Waals surface area contributed by atoms with Gasteiger partial charge in [-0.2, -0.15) is 0 Å². The number of carboxylic acid groups (broad SMARTS) is 1. The molecule has 0 atom stereocenters. The summed E-state index contributed by atoms with van der Waals surface area (Å²) in [7, 11) is 0. The van der Waals surface area contributed by atoms with Crippen LogP contribution in [0.2, 0.25) is 0 Å². The largest absolute Gasteiger partial charge is 0.488 e. The maximum atomic E-state index is 11.1. The second kappa shape index (κ2) is 8.14. The van der Waals surface area contributed by atoms with Crippen LogP contribution in [0, 0.1) is 10.1 Å². The highest BCUT2D eigenvalue weighted by atomic mass is 16.6. The molecule has 0 unspecified atom stereocenters. The van der Waals surface area contributed by atoms with E-state index in [4.69, 9.17) is 9.84 Å². The van der Waals surface area contributed by atoms with Gasteiger partial charge < -0.3 is 9.84 Å². The molecule has 0 bridgehead atoms. The molecule has 0 aliphatic carbocycles. The number of ether oxygens (including phenoxy) is 1. The van der Waals surface area contributed by atoms with E-state index in [1.54, 1.807) is 30.3 Å². The van der Waals surface area contributed by atoms with Crippen molar-refractivity contribution in [3.63, 3.8) is 0 Å². The SMILES string of the molecule is O=C(O)Cc1ccc(OCc2ccccc2)c(-c2cccc([N+](=O)[O-])c2)c1. The Hall–Kier alpha value is -3.67. The minimum atomic E-state index is -0.946. The lowest BCUT2D eigenvalue weighted by atomic mass is 10.00. The average Bonchev–Trinajstić information content (AvgIpc) is 2.67. The van der Waals surface area contributed by atoms with Gasteiger partial charge >= 0.3 is 5.97 Å². The van der Waals surface area contributed by atoms with Gasteiger partial charge in [0.15, 0.2) is 0 Å². The van der Waals surface area contributed by atoms with Crippen LogP contribution in [-0.2, 0) is 17.8 Å². The van der Waals surface area contributed by atoms with Gasteiger partial charge in [-0.05, 0) is 28.8 Å². The molecule has 0 saturated carbocycles. The van der Waals surface area contributed by atoms with Crippen molar-refractivity contribution in [1.29, 1.82) is 0 Å². The minimum absolute atomic E-state index is 0.0369. The monoisotopic (exact) mass is 363 g/mol. The highest BCUT2D eigenvalue weighted by molar-refractivity contribution is 5.76. The van der Waals surface area contributed by atoms with Gasteiger partial charge in [-0.25, -0.2) is 0 Å². The number of benzene rings is 3. The second-order valence-electron chi connectivity index (χ2n) is 5.98. The van der Waals surface area contributed by atoms with Crippen LogP contribution in [0.15, 0.2) is 72.8 Å². The maximum absolute atomic E-state index is 11.1. The maximum Gasteiger partial charge on any atom is 0.307 e. The Labute approximate surface area is 155 Å². The Morgan fingerprint density at radius 2 is 1.74 bits per heavy atom. The fourth-order valence-corrected chi connectivity index (χ4v) is 2.74. The molecule has 0 fully saturated rings. The zero-order valence-electron chi connectivity index (χ0n) is 14.4. The second-order valence-corrected chi connectivity index (χ2v) is 5.98. The molecule has 0 saturated heterocycles. The number of non-ortho nitro benzene ring substituents is 1. The number of carbonyl (C=O) groups is 1. The number of nitrogens with zero attached hydrogens (tertiary/aromatic N) is 1. The topological polar surface area (TPSA) is 89.7 Å². The van der Waals surface area contributed by atoms with E-state index >= 15 is 0 Å². The molecule has 3 aromatic carbocycles. The third-order valence-electron chi connectivity index (χ3n) is 4.00. The Bertz CT molecular complexity index is 969. The number of nitro benzene ring substituents is 1. The first-order valence-electron chi connectivity index (χ1n) is 8.29. The molecule has 0 aliphatic heterocycles. The van der Waals surface area contributed by atoms with E-state index in [1.165, 1.54) is 12.1 Å². The van der Waals surface area contributed by atoms with Crippen molar-refractivity contribution in [3.05, 3.63) is 94.0 Å². The molecule has 27 heavy (non-hydrogen) atoms. The van der Waals surface area contributed by atoms with Gasteiger partial charge in [0.25, 0.3) is 5.69 Å².